The minimum atomic E-state index is -0.433. The van der Waals surface area contributed by atoms with Gasteiger partial charge in [-0.25, -0.2) is 0 Å². The van der Waals surface area contributed by atoms with Gasteiger partial charge in [0, 0.05) is 44.9 Å². The van der Waals surface area contributed by atoms with Crippen molar-refractivity contribution in [1.29, 1.82) is 0 Å². The summed E-state index contributed by atoms with van der Waals surface area (Å²) in [6.07, 6.45) is 0.395. The van der Waals surface area contributed by atoms with Crippen molar-refractivity contribution in [1.82, 2.24) is 4.90 Å². The molecular weight excluding hydrogens is 310 g/mol. The molecule has 1 aliphatic heterocycles. The monoisotopic (exact) mass is 335 g/mol. The molecule has 24 heavy (non-hydrogen) atoms. The number of carbonyl (C=O) groups excluding carboxylic acids is 1. The second kappa shape index (κ2) is 7.72. The number of hydrogen-bond donors (Lipinski definition) is 0. The van der Waals surface area contributed by atoms with E-state index in [2.05, 4.69) is 18.7 Å². The van der Waals surface area contributed by atoms with Crippen LogP contribution in [0.1, 0.15) is 31.1 Å². The molecule has 0 unspecified atom stereocenters. The lowest BCUT2D eigenvalue weighted by molar-refractivity contribution is -0.384. The van der Waals surface area contributed by atoms with Crippen molar-refractivity contribution in [3.63, 3.8) is 0 Å². The lowest BCUT2D eigenvalue weighted by Crippen LogP contribution is -2.47. The van der Waals surface area contributed by atoms with Gasteiger partial charge in [-0.05, 0) is 32.9 Å². The van der Waals surface area contributed by atoms with Crippen LogP contribution in [0.3, 0.4) is 0 Å². The highest BCUT2D eigenvalue weighted by molar-refractivity contribution is 5.95. The van der Waals surface area contributed by atoms with Gasteiger partial charge in [0.2, 0.25) is 0 Å². The molecule has 7 nitrogen and oxygen atoms in total. The predicted molar refractivity (Wildman–Crippen MR) is 92.8 cm³/mol. The van der Waals surface area contributed by atoms with Gasteiger partial charge in [0.05, 0.1) is 17.1 Å². The fraction of sp³-hybridized carbons (Fsp3) is 0.588. The highest BCUT2D eigenvalue weighted by Gasteiger charge is 2.23. The van der Waals surface area contributed by atoms with E-state index in [4.69, 9.17) is 4.74 Å². The molecule has 1 aromatic carbocycles. The zero-order chi connectivity index (χ0) is 17.9. The molecule has 1 saturated heterocycles. The van der Waals surface area contributed by atoms with Gasteiger partial charge < -0.3 is 9.64 Å². The zero-order valence-electron chi connectivity index (χ0n) is 14.7. The molecular formula is C17H25N3O4. The molecule has 1 heterocycles. The van der Waals surface area contributed by atoms with Gasteiger partial charge in [0.15, 0.2) is 5.78 Å². The first-order chi connectivity index (χ1) is 11.3. The minimum absolute atomic E-state index is 0.0334. The molecule has 1 aliphatic rings. The average Bonchev–Trinajstić information content (AvgIpc) is 2.51. The number of likely N-dealkylation sites (N-methyl/N-ethyl adjacent to an activating group) is 1. The zero-order valence-corrected chi connectivity index (χ0v) is 14.7. The fourth-order valence-corrected chi connectivity index (χ4v) is 3.09. The van der Waals surface area contributed by atoms with Crippen LogP contribution in [-0.4, -0.2) is 61.0 Å². The number of rotatable bonds is 6. The van der Waals surface area contributed by atoms with E-state index in [0.717, 1.165) is 19.6 Å². The Hall–Kier alpha value is -1.99. The third kappa shape index (κ3) is 4.52. The standard InChI is InChI=1S/C17H25N3O4/c1-12-10-19(11-13(2)24-12)8-7-18(4)16-6-5-15(14(3)21)9-17(16)20(22)23/h5-6,9,12-13H,7-8,10-11H2,1-4H3/t12-,13+. The van der Waals surface area contributed by atoms with Crippen molar-refractivity contribution in [2.75, 3.05) is 38.1 Å². The maximum absolute atomic E-state index is 11.4. The van der Waals surface area contributed by atoms with Crippen LogP contribution in [-0.2, 0) is 4.74 Å². The van der Waals surface area contributed by atoms with Gasteiger partial charge >= 0.3 is 0 Å². The Morgan fingerprint density at radius 2 is 2.00 bits per heavy atom. The fourth-order valence-electron chi connectivity index (χ4n) is 3.09. The Morgan fingerprint density at radius 3 is 2.54 bits per heavy atom. The summed E-state index contributed by atoms with van der Waals surface area (Å²) >= 11 is 0. The number of benzene rings is 1. The summed E-state index contributed by atoms with van der Waals surface area (Å²) in [5, 5.41) is 11.3. The molecule has 132 valence electrons. The van der Waals surface area contributed by atoms with Crippen molar-refractivity contribution < 1.29 is 14.5 Å². The van der Waals surface area contributed by atoms with Crippen LogP contribution in [0.2, 0.25) is 0 Å². The Kier molecular flexibility index (Phi) is 5.90. The van der Waals surface area contributed by atoms with E-state index in [1.54, 1.807) is 12.1 Å². The molecule has 1 fully saturated rings. The van der Waals surface area contributed by atoms with Crippen LogP contribution in [0.25, 0.3) is 0 Å². The quantitative estimate of drug-likeness (QED) is 0.451. The highest BCUT2D eigenvalue weighted by Crippen LogP contribution is 2.28. The van der Waals surface area contributed by atoms with Gasteiger partial charge in [0.1, 0.15) is 5.69 Å². The smallest absolute Gasteiger partial charge is 0.293 e. The van der Waals surface area contributed by atoms with E-state index in [-0.39, 0.29) is 23.7 Å². The van der Waals surface area contributed by atoms with Crippen molar-refractivity contribution in [3.8, 4) is 0 Å². The SMILES string of the molecule is CC(=O)c1ccc(N(C)CCN2C[C@@H](C)O[C@@H](C)C2)c([N+](=O)[O-])c1. The van der Waals surface area contributed by atoms with E-state index < -0.39 is 4.92 Å². The number of Topliss-reactive ketones (excluding diaryl/α,β-unsaturated/α-hetero) is 1. The summed E-state index contributed by atoms with van der Waals surface area (Å²) in [6, 6.07) is 4.65. The van der Waals surface area contributed by atoms with Gasteiger partial charge in [-0.1, -0.05) is 0 Å². The summed E-state index contributed by atoms with van der Waals surface area (Å²) in [7, 11) is 1.84. The third-order valence-electron chi connectivity index (χ3n) is 4.24. The maximum atomic E-state index is 11.4. The number of anilines is 1. The van der Waals surface area contributed by atoms with E-state index in [9.17, 15) is 14.9 Å². The molecule has 1 aromatic rings. The van der Waals surface area contributed by atoms with E-state index >= 15 is 0 Å². The number of nitro groups is 1. The third-order valence-corrected chi connectivity index (χ3v) is 4.24. The molecule has 0 bridgehead atoms. The maximum Gasteiger partial charge on any atom is 0.293 e. The molecule has 0 spiro atoms. The number of hydrogen-bond acceptors (Lipinski definition) is 6. The molecule has 0 aromatic heterocycles. The number of carbonyl (C=O) groups is 1. The summed E-state index contributed by atoms with van der Waals surface area (Å²) < 4.78 is 5.72. The second-order valence-electron chi connectivity index (χ2n) is 6.46. The molecule has 2 rings (SSSR count). The average molecular weight is 335 g/mol. The normalized spacial score (nSPS) is 21.5. The number of nitrogens with zero attached hydrogens (tertiary/aromatic N) is 3. The summed E-state index contributed by atoms with van der Waals surface area (Å²) in [4.78, 5) is 26.5. The van der Waals surface area contributed by atoms with Crippen molar-refractivity contribution in [2.45, 2.75) is 33.0 Å². The molecule has 0 amide bonds. The van der Waals surface area contributed by atoms with Crippen LogP contribution >= 0.6 is 0 Å². The lowest BCUT2D eigenvalue weighted by Gasteiger charge is -2.36. The van der Waals surface area contributed by atoms with Crippen LogP contribution in [0, 0.1) is 10.1 Å². The largest absolute Gasteiger partial charge is 0.373 e. The van der Waals surface area contributed by atoms with Crippen LogP contribution in [0.5, 0.6) is 0 Å². The Bertz CT molecular complexity index is 610. The van der Waals surface area contributed by atoms with Crippen LogP contribution < -0.4 is 4.90 Å². The first-order valence-electron chi connectivity index (χ1n) is 8.16. The first kappa shape index (κ1) is 18.4. The molecule has 0 saturated carbocycles. The topological polar surface area (TPSA) is 75.9 Å². The first-order valence-corrected chi connectivity index (χ1v) is 8.16. The van der Waals surface area contributed by atoms with Crippen molar-refractivity contribution in [2.24, 2.45) is 0 Å². The van der Waals surface area contributed by atoms with Gasteiger partial charge in [-0.3, -0.25) is 19.8 Å². The van der Waals surface area contributed by atoms with E-state index in [1.807, 2.05) is 11.9 Å². The van der Waals surface area contributed by atoms with E-state index in [1.165, 1.54) is 13.0 Å². The predicted octanol–water partition coefficient (Wildman–Crippen LogP) is 2.34. The summed E-state index contributed by atoms with van der Waals surface area (Å²) in [5.41, 5.74) is 0.850. The van der Waals surface area contributed by atoms with Crippen LogP contribution in [0.15, 0.2) is 18.2 Å². The lowest BCUT2D eigenvalue weighted by atomic mass is 10.1. The number of nitro benzene ring substituents is 1. The molecule has 0 N–H and O–H groups in total. The van der Waals surface area contributed by atoms with Crippen molar-refractivity contribution >= 4 is 17.2 Å². The number of ether oxygens (including phenoxy) is 1. The molecule has 0 aliphatic carbocycles. The Labute approximate surface area is 142 Å². The number of morpholine rings is 1. The molecule has 2 atom stereocenters. The number of ketones is 1. The summed E-state index contributed by atoms with van der Waals surface area (Å²) in [6.45, 7) is 8.71. The molecule has 0 radical (unpaired) electrons. The van der Waals surface area contributed by atoms with Crippen LogP contribution in [0.4, 0.5) is 11.4 Å². The molecule has 7 heteroatoms. The van der Waals surface area contributed by atoms with E-state index in [0.29, 0.717) is 17.8 Å². The van der Waals surface area contributed by atoms with Crippen molar-refractivity contribution in [3.05, 3.63) is 33.9 Å². The van der Waals surface area contributed by atoms with Gasteiger partial charge in [-0.15, -0.1) is 0 Å². The minimum Gasteiger partial charge on any atom is -0.373 e. The summed E-state index contributed by atoms with van der Waals surface area (Å²) in [5.74, 6) is -0.177. The second-order valence-corrected chi connectivity index (χ2v) is 6.46. The van der Waals surface area contributed by atoms with Gasteiger partial charge in [0.25, 0.3) is 5.69 Å². The highest BCUT2D eigenvalue weighted by atomic mass is 16.6. The van der Waals surface area contributed by atoms with Gasteiger partial charge in [-0.2, -0.15) is 0 Å². The Morgan fingerprint density at radius 1 is 1.38 bits per heavy atom. The Balaban J connectivity index is 2.07.